The number of rotatable bonds is 5. The molecule has 0 spiro atoms. The molecule has 0 N–H and O–H groups in total. The van der Waals surface area contributed by atoms with Gasteiger partial charge in [0.2, 0.25) is 0 Å². The van der Waals surface area contributed by atoms with Crippen LogP contribution in [0.25, 0.3) is 0 Å². The largest absolute Gasteiger partial charge is 0.257 e. The number of hydrogen-bond acceptors (Lipinski definition) is 3. The summed E-state index contributed by atoms with van der Waals surface area (Å²) in [5.41, 5.74) is 7.88. The molecule has 3 heteroatoms. The Morgan fingerprint density at radius 3 is 2.16 bits per heavy atom. The van der Waals surface area contributed by atoms with E-state index in [2.05, 4.69) is 102 Å². The van der Waals surface area contributed by atoms with Crippen molar-refractivity contribution in [1.82, 2.24) is 0 Å². The molecule has 1 unspecified atom stereocenters. The van der Waals surface area contributed by atoms with Crippen LogP contribution in [0.5, 0.6) is 0 Å². The normalized spacial score (nSPS) is 15.8. The summed E-state index contributed by atoms with van der Waals surface area (Å²) in [5, 5.41) is 7.19. The third kappa shape index (κ3) is 4.23. The maximum atomic E-state index is 5.04. The first-order valence-corrected chi connectivity index (χ1v) is 10.9. The molecule has 0 radical (unpaired) electrons. The molecule has 1 heterocycles. The average molecular weight is 416 g/mol. The van der Waals surface area contributed by atoms with E-state index in [1.54, 1.807) is 0 Å². The number of anilines is 1. The lowest BCUT2D eigenvalue weighted by Crippen LogP contribution is -2.18. The minimum absolute atomic E-state index is 0.179. The fraction of sp³-hybridized carbons (Fsp3) is 0.103. The van der Waals surface area contributed by atoms with Crippen molar-refractivity contribution in [1.29, 1.82) is 0 Å². The lowest BCUT2D eigenvalue weighted by Gasteiger charge is -2.24. The van der Waals surface area contributed by atoms with Gasteiger partial charge in [-0.25, -0.2) is 0 Å². The molecule has 4 aromatic carbocycles. The number of nitrogens with zero attached hydrogens (tertiary/aromatic N) is 3. The van der Waals surface area contributed by atoms with Gasteiger partial charge in [0.05, 0.1) is 23.1 Å². The highest BCUT2D eigenvalue weighted by atomic mass is 15.5. The molecule has 0 saturated heterocycles. The van der Waals surface area contributed by atoms with E-state index in [0.29, 0.717) is 0 Å². The third-order valence-electron chi connectivity index (χ3n) is 5.83. The fourth-order valence-corrected chi connectivity index (χ4v) is 4.05. The Morgan fingerprint density at radius 1 is 0.781 bits per heavy atom. The maximum absolute atomic E-state index is 5.04. The highest BCUT2D eigenvalue weighted by molar-refractivity contribution is 6.03. The number of aliphatic imine (C=N–C) groups is 1. The second-order valence-corrected chi connectivity index (χ2v) is 8.02. The van der Waals surface area contributed by atoms with E-state index >= 15 is 0 Å². The third-order valence-corrected chi connectivity index (χ3v) is 5.83. The van der Waals surface area contributed by atoms with Crippen molar-refractivity contribution in [3.8, 4) is 0 Å². The molecular formula is C29H25N3. The van der Waals surface area contributed by atoms with Crippen LogP contribution in [0.4, 0.5) is 11.4 Å². The monoisotopic (exact) mass is 415 g/mol. The summed E-state index contributed by atoms with van der Waals surface area (Å²) in [6, 6.07) is 37.9. The van der Waals surface area contributed by atoms with Crippen LogP contribution < -0.4 is 5.01 Å². The van der Waals surface area contributed by atoms with E-state index < -0.39 is 0 Å². The van der Waals surface area contributed by atoms with E-state index in [-0.39, 0.29) is 6.04 Å². The molecule has 0 fully saturated rings. The zero-order valence-corrected chi connectivity index (χ0v) is 18.1. The summed E-state index contributed by atoms with van der Waals surface area (Å²) >= 11 is 0. The Labute approximate surface area is 189 Å². The second-order valence-electron chi connectivity index (χ2n) is 8.02. The number of para-hydroxylation sites is 1. The van der Waals surface area contributed by atoms with Crippen LogP contribution in [0.2, 0.25) is 0 Å². The molecule has 1 aliphatic heterocycles. The summed E-state index contributed by atoms with van der Waals surface area (Å²) in [6.45, 7) is 2.08. The number of aryl methyl sites for hydroxylation is 1. The SMILES string of the molecule is Cc1ccccc1N=Cc1ccc(N2N=C(c3ccccc3)CC2c2ccccc2)cc1. The van der Waals surface area contributed by atoms with E-state index in [1.807, 2.05) is 30.5 Å². The summed E-state index contributed by atoms with van der Waals surface area (Å²) < 4.78 is 0. The lowest BCUT2D eigenvalue weighted by molar-refractivity contribution is 0.709. The van der Waals surface area contributed by atoms with Crippen LogP contribution in [0.3, 0.4) is 0 Å². The molecule has 0 aromatic heterocycles. The molecule has 1 atom stereocenters. The van der Waals surface area contributed by atoms with Crippen molar-refractivity contribution in [2.75, 3.05) is 5.01 Å². The van der Waals surface area contributed by atoms with Crippen LogP contribution in [0.1, 0.15) is 34.7 Å². The fourth-order valence-electron chi connectivity index (χ4n) is 4.05. The van der Waals surface area contributed by atoms with Gasteiger partial charge in [0.15, 0.2) is 0 Å². The smallest absolute Gasteiger partial charge is 0.0831 e. The van der Waals surface area contributed by atoms with Gasteiger partial charge in [0.25, 0.3) is 0 Å². The van der Waals surface area contributed by atoms with Gasteiger partial charge >= 0.3 is 0 Å². The molecule has 156 valence electrons. The van der Waals surface area contributed by atoms with E-state index in [9.17, 15) is 0 Å². The van der Waals surface area contributed by atoms with E-state index in [4.69, 9.17) is 5.10 Å². The van der Waals surface area contributed by atoms with Crippen molar-refractivity contribution < 1.29 is 0 Å². The van der Waals surface area contributed by atoms with Crippen molar-refractivity contribution in [2.24, 2.45) is 10.1 Å². The predicted octanol–water partition coefficient (Wildman–Crippen LogP) is 7.10. The van der Waals surface area contributed by atoms with Gasteiger partial charge in [-0.05, 0) is 47.4 Å². The van der Waals surface area contributed by atoms with Crippen LogP contribution >= 0.6 is 0 Å². The van der Waals surface area contributed by atoms with Crippen LogP contribution in [0, 0.1) is 6.92 Å². The Balaban J connectivity index is 1.44. The molecule has 3 nitrogen and oxygen atoms in total. The van der Waals surface area contributed by atoms with Crippen molar-refractivity contribution in [3.05, 3.63) is 131 Å². The molecule has 0 aliphatic carbocycles. The second kappa shape index (κ2) is 9.03. The first-order chi connectivity index (χ1) is 15.8. The minimum Gasteiger partial charge on any atom is -0.257 e. The quantitative estimate of drug-likeness (QED) is 0.319. The van der Waals surface area contributed by atoms with E-state index in [1.165, 1.54) is 16.7 Å². The van der Waals surface area contributed by atoms with Crippen LogP contribution in [-0.4, -0.2) is 11.9 Å². The molecule has 1 aliphatic rings. The Hall–Kier alpha value is -3.98. The topological polar surface area (TPSA) is 28.0 Å². The highest BCUT2D eigenvalue weighted by Crippen LogP contribution is 2.36. The van der Waals surface area contributed by atoms with Crippen molar-refractivity contribution in [3.63, 3.8) is 0 Å². The van der Waals surface area contributed by atoms with Crippen molar-refractivity contribution >= 4 is 23.3 Å². The van der Waals surface area contributed by atoms with Gasteiger partial charge in [-0.15, -0.1) is 0 Å². The zero-order valence-electron chi connectivity index (χ0n) is 18.1. The van der Waals surface area contributed by atoms with Gasteiger partial charge < -0.3 is 0 Å². The van der Waals surface area contributed by atoms with E-state index in [0.717, 1.165) is 29.1 Å². The Bertz CT molecular complexity index is 1240. The summed E-state index contributed by atoms with van der Waals surface area (Å²) in [6.07, 6.45) is 2.80. The Kier molecular flexibility index (Phi) is 5.63. The molecule has 5 rings (SSSR count). The van der Waals surface area contributed by atoms with Crippen LogP contribution in [0.15, 0.2) is 119 Å². The van der Waals surface area contributed by atoms with Gasteiger partial charge in [0, 0.05) is 12.6 Å². The summed E-state index contributed by atoms with van der Waals surface area (Å²) in [4.78, 5) is 4.65. The standard InChI is InChI=1S/C29H25N3/c1-22-10-8-9-15-27(22)30-21-23-16-18-26(19-17-23)32-29(25-13-6-3-7-14-25)20-28(31-32)24-11-4-2-5-12-24/h2-19,21,29H,20H2,1H3. The molecule has 32 heavy (non-hydrogen) atoms. The number of hydrogen-bond donors (Lipinski definition) is 0. The lowest BCUT2D eigenvalue weighted by atomic mass is 9.98. The van der Waals surface area contributed by atoms with Gasteiger partial charge in [-0.2, -0.15) is 5.10 Å². The number of benzene rings is 4. The molecule has 0 bridgehead atoms. The van der Waals surface area contributed by atoms with Gasteiger partial charge in [-0.1, -0.05) is 91.0 Å². The minimum atomic E-state index is 0.179. The Morgan fingerprint density at radius 2 is 1.44 bits per heavy atom. The highest BCUT2D eigenvalue weighted by Gasteiger charge is 2.29. The average Bonchev–Trinajstić information content (AvgIpc) is 3.31. The summed E-state index contributed by atoms with van der Waals surface area (Å²) in [7, 11) is 0. The zero-order chi connectivity index (χ0) is 21.8. The first-order valence-electron chi connectivity index (χ1n) is 10.9. The molecule has 4 aromatic rings. The molecular weight excluding hydrogens is 390 g/mol. The van der Waals surface area contributed by atoms with Gasteiger partial charge in [-0.3, -0.25) is 10.0 Å². The van der Waals surface area contributed by atoms with Gasteiger partial charge in [0.1, 0.15) is 0 Å². The molecule has 0 saturated carbocycles. The maximum Gasteiger partial charge on any atom is 0.0831 e. The van der Waals surface area contributed by atoms with Crippen molar-refractivity contribution in [2.45, 2.75) is 19.4 Å². The van der Waals surface area contributed by atoms with Crippen LogP contribution in [-0.2, 0) is 0 Å². The predicted molar refractivity (Wildman–Crippen MR) is 134 cm³/mol. The molecule has 0 amide bonds. The summed E-state index contributed by atoms with van der Waals surface area (Å²) in [5.74, 6) is 0. The first kappa shape index (κ1) is 20.0. The number of hydrazone groups is 1.